The SMILES string of the molecule is CCOc1ccc(C(=O)OC(C)C(=O)NCCc2ccc(F)cc2)cc1[N+](=O)[O-]. The summed E-state index contributed by atoms with van der Waals surface area (Å²) in [7, 11) is 0. The summed E-state index contributed by atoms with van der Waals surface area (Å²) in [4.78, 5) is 34.8. The Morgan fingerprint density at radius 2 is 1.90 bits per heavy atom. The molecule has 1 unspecified atom stereocenters. The molecule has 0 aliphatic rings. The summed E-state index contributed by atoms with van der Waals surface area (Å²) in [6.45, 7) is 3.59. The molecule has 0 spiro atoms. The Morgan fingerprint density at radius 3 is 2.52 bits per heavy atom. The summed E-state index contributed by atoms with van der Waals surface area (Å²) in [5.74, 6) is -1.67. The van der Waals surface area contributed by atoms with Gasteiger partial charge in [0.25, 0.3) is 5.91 Å². The van der Waals surface area contributed by atoms with Crippen LogP contribution in [0, 0.1) is 15.9 Å². The van der Waals surface area contributed by atoms with E-state index in [1.165, 1.54) is 31.2 Å². The fourth-order valence-corrected chi connectivity index (χ4v) is 2.47. The Balaban J connectivity index is 1.91. The van der Waals surface area contributed by atoms with Gasteiger partial charge in [-0.15, -0.1) is 0 Å². The highest BCUT2D eigenvalue weighted by Gasteiger charge is 2.22. The maximum Gasteiger partial charge on any atom is 0.339 e. The van der Waals surface area contributed by atoms with Gasteiger partial charge in [0.05, 0.1) is 17.1 Å². The van der Waals surface area contributed by atoms with Crippen LogP contribution >= 0.6 is 0 Å². The van der Waals surface area contributed by atoms with Crippen LogP contribution in [-0.4, -0.2) is 36.1 Å². The molecule has 0 heterocycles. The van der Waals surface area contributed by atoms with Gasteiger partial charge in [0.15, 0.2) is 11.9 Å². The zero-order valence-corrected chi connectivity index (χ0v) is 16.0. The van der Waals surface area contributed by atoms with Crippen molar-refractivity contribution >= 4 is 17.6 Å². The number of nitrogens with zero attached hydrogens (tertiary/aromatic N) is 1. The van der Waals surface area contributed by atoms with Gasteiger partial charge < -0.3 is 14.8 Å². The molecule has 0 saturated carbocycles. The average molecular weight is 404 g/mol. The van der Waals surface area contributed by atoms with Gasteiger partial charge in [0.2, 0.25) is 0 Å². The van der Waals surface area contributed by atoms with E-state index >= 15 is 0 Å². The van der Waals surface area contributed by atoms with Crippen molar-refractivity contribution in [2.75, 3.05) is 13.2 Å². The number of amides is 1. The van der Waals surface area contributed by atoms with Crippen LogP contribution < -0.4 is 10.1 Å². The lowest BCUT2D eigenvalue weighted by Gasteiger charge is -2.14. The minimum atomic E-state index is -1.10. The number of nitro groups is 1. The molecule has 0 radical (unpaired) electrons. The molecular formula is C20H21FN2O6. The van der Waals surface area contributed by atoms with Gasteiger partial charge in [-0.05, 0) is 50.1 Å². The van der Waals surface area contributed by atoms with Gasteiger partial charge in [0.1, 0.15) is 5.82 Å². The fourth-order valence-electron chi connectivity index (χ4n) is 2.47. The molecule has 2 rings (SSSR count). The third-order valence-electron chi connectivity index (χ3n) is 3.97. The highest BCUT2D eigenvalue weighted by Crippen LogP contribution is 2.28. The van der Waals surface area contributed by atoms with E-state index in [-0.39, 0.29) is 36.0 Å². The highest BCUT2D eigenvalue weighted by molar-refractivity contribution is 5.93. The molecule has 0 aromatic heterocycles. The van der Waals surface area contributed by atoms with E-state index in [1.54, 1.807) is 19.1 Å². The summed E-state index contributed by atoms with van der Waals surface area (Å²) in [6, 6.07) is 9.58. The molecule has 29 heavy (non-hydrogen) atoms. The predicted molar refractivity (Wildman–Crippen MR) is 102 cm³/mol. The van der Waals surface area contributed by atoms with Crippen LogP contribution in [0.25, 0.3) is 0 Å². The van der Waals surface area contributed by atoms with Crippen LogP contribution in [0.1, 0.15) is 29.8 Å². The predicted octanol–water partition coefficient (Wildman–Crippen LogP) is 3.04. The minimum absolute atomic E-state index is 0.0423. The zero-order chi connectivity index (χ0) is 21.4. The van der Waals surface area contributed by atoms with E-state index in [0.717, 1.165) is 11.6 Å². The van der Waals surface area contributed by atoms with Crippen LogP contribution in [-0.2, 0) is 16.0 Å². The topological polar surface area (TPSA) is 108 Å². The molecule has 1 amide bonds. The molecule has 0 aliphatic heterocycles. The fraction of sp³-hybridized carbons (Fsp3) is 0.300. The summed E-state index contributed by atoms with van der Waals surface area (Å²) in [5.41, 5.74) is 0.418. The second-order valence-electron chi connectivity index (χ2n) is 6.09. The average Bonchev–Trinajstić information content (AvgIpc) is 2.69. The lowest BCUT2D eigenvalue weighted by molar-refractivity contribution is -0.385. The van der Waals surface area contributed by atoms with E-state index < -0.39 is 22.9 Å². The van der Waals surface area contributed by atoms with Gasteiger partial charge in [0, 0.05) is 12.6 Å². The number of hydrogen-bond donors (Lipinski definition) is 1. The van der Waals surface area contributed by atoms with E-state index in [1.807, 2.05) is 0 Å². The van der Waals surface area contributed by atoms with Crippen LogP contribution in [0.4, 0.5) is 10.1 Å². The lowest BCUT2D eigenvalue weighted by atomic mass is 10.1. The van der Waals surface area contributed by atoms with E-state index in [0.29, 0.717) is 6.42 Å². The number of nitro benzene ring substituents is 1. The van der Waals surface area contributed by atoms with Gasteiger partial charge in [-0.25, -0.2) is 9.18 Å². The van der Waals surface area contributed by atoms with E-state index in [2.05, 4.69) is 5.32 Å². The third-order valence-corrected chi connectivity index (χ3v) is 3.97. The van der Waals surface area contributed by atoms with Crippen LogP contribution in [0.15, 0.2) is 42.5 Å². The second-order valence-corrected chi connectivity index (χ2v) is 6.09. The maximum atomic E-state index is 12.9. The van der Waals surface area contributed by atoms with Gasteiger partial charge in [-0.1, -0.05) is 12.1 Å². The first-order valence-electron chi connectivity index (χ1n) is 8.96. The maximum absolute atomic E-state index is 12.9. The molecule has 0 aliphatic carbocycles. The molecule has 1 N–H and O–H groups in total. The number of rotatable bonds is 9. The molecule has 2 aromatic rings. The molecule has 0 fully saturated rings. The number of ether oxygens (including phenoxy) is 2. The number of hydrogen-bond acceptors (Lipinski definition) is 6. The number of carbonyl (C=O) groups excluding carboxylic acids is 2. The molecule has 0 bridgehead atoms. The highest BCUT2D eigenvalue weighted by atomic mass is 19.1. The molecular weight excluding hydrogens is 383 g/mol. The Morgan fingerprint density at radius 1 is 1.21 bits per heavy atom. The Labute approximate surface area is 166 Å². The molecule has 0 saturated heterocycles. The second kappa shape index (κ2) is 10.2. The Kier molecular flexibility index (Phi) is 7.64. The van der Waals surface area contributed by atoms with Crippen molar-refractivity contribution in [1.29, 1.82) is 0 Å². The Bertz CT molecular complexity index is 885. The van der Waals surface area contributed by atoms with Crippen molar-refractivity contribution in [3.8, 4) is 5.75 Å². The smallest absolute Gasteiger partial charge is 0.339 e. The molecule has 2 aromatic carbocycles. The van der Waals surface area contributed by atoms with Crippen LogP contribution in [0.2, 0.25) is 0 Å². The third kappa shape index (κ3) is 6.27. The molecule has 9 heteroatoms. The van der Waals surface area contributed by atoms with Crippen molar-refractivity contribution in [1.82, 2.24) is 5.32 Å². The summed E-state index contributed by atoms with van der Waals surface area (Å²) >= 11 is 0. The molecule has 8 nitrogen and oxygen atoms in total. The normalized spacial score (nSPS) is 11.4. The number of benzene rings is 2. The van der Waals surface area contributed by atoms with Crippen molar-refractivity contribution in [2.45, 2.75) is 26.4 Å². The van der Waals surface area contributed by atoms with Crippen LogP contribution in [0.5, 0.6) is 5.75 Å². The first-order valence-corrected chi connectivity index (χ1v) is 8.96. The number of nitrogens with one attached hydrogen (secondary N) is 1. The number of halogens is 1. The first-order chi connectivity index (χ1) is 13.8. The number of carbonyl (C=O) groups is 2. The summed E-state index contributed by atoms with van der Waals surface area (Å²) in [6.07, 6.45) is -0.612. The monoisotopic (exact) mass is 404 g/mol. The standard InChI is InChI=1S/C20H21FN2O6/c1-3-28-18-9-6-15(12-17(18)23(26)27)20(25)29-13(2)19(24)22-11-10-14-4-7-16(21)8-5-14/h4-9,12-13H,3,10-11H2,1-2H3,(H,22,24). The van der Waals surface area contributed by atoms with Crippen LogP contribution in [0.3, 0.4) is 0 Å². The summed E-state index contributed by atoms with van der Waals surface area (Å²) < 4.78 is 23.1. The van der Waals surface area contributed by atoms with Crippen molar-refractivity contribution in [3.63, 3.8) is 0 Å². The van der Waals surface area contributed by atoms with E-state index in [4.69, 9.17) is 9.47 Å². The lowest BCUT2D eigenvalue weighted by Crippen LogP contribution is -2.36. The quantitative estimate of drug-likeness (QED) is 0.391. The first kappa shape index (κ1) is 21.8. The molecule has 1 atom stereocenters. The van der Waals surface area contributed by atoms with Crippen molar-refractivity contribution in [2.24, 2.45) is 0 Å². The van der Waals surface area contributed by atoms with Gasteiger partial charge >= 0.3 is 11.7 Å². The van der Waals surface area contributed by atoms with E-state index in [9.17, 15) is 24.1 Å². The molecule has 154 valence electrons. The van der Waals surface area contributed by atoms with Gasteiger partial charge in [-0.3, -0.25) is 14.9 Å². The zero-order valence-electron chi connectivity index (χ0n) is 16.0. The van der Waals surface area contributed by atoms with Crippen molar-refractivity contribution in [3.05, 3.63) is 69.5 Å². The minimum Gasteiger partial charge on any atom is -0.487 e. The van der Waals surface area contributed by atoms with Gasteiger partial charge in [-0.2, -0.15) is 0 Å². The Hall–Kier alpha value is -3.49. The van der Waals surface area contributed by atoms with Crippen molar-refractivity contribution < 1.29 is 28.4 Å². The summed E-state index contributed by atoms with van der Waals surface area (Å²) in [5, 5.41) is 13.8. The number of esters is 1. The largest absolute Gasteiger partial charge is 0.487 e.